The van der Waals surface area contributed by atoms with Crippen LogP contribution in [0.4, 0.5) is 5.69 Å². The summed E-state index contributed by atoms with van der Waals surface area (Å²) in [6.45, 7) is 3.38. The second-order valence-corrected chi connectivity index (χ2v) is 7.94. The Hall–Kier alpha value is -3.40. The first-order valence-electron chi connectivity index (χ1n) is 10.4. The zero-order valence-corrected chi connectivity index (χ0v) is 17.2. The van der Waals surface area contributed by atoms with Crippen LogP contribution in [-0.2, 0) is 10.2 Å². The van der Waals surface area contributed by atoms with E-state index < -0.39 is 0 Å². The summed E-state index contributed by atoms with van der Waals surface area (Å²) >= 11 is 0. The van der Waals surface area contributed by atoms with Crippen molar-refractivity contribution < 1.29 is 9.59 Å². The summed E-state index contributed by atoms with van der Waals surface area (Å²) in [6, 6.07) is 27.8. The van der Waals surface area contributed by atoms with Crippen molar-refractivity contribution >= 4 is 17.5 Å². The van der Waals surface area contributed by atoms with E-state index in [-0.39, 0.29) is 17.2 Å². The Morgan fingerprint density at radius 2 is 1.47 bits per heavy atom. The summed E-state index contributed by atoms with van der Waals surface area (Å²) in [5.41, 5.74) is 3.40. The zero-order valence-electron chi connectivity index (χ0n) is 17.2. The Morgan fingerprint density at radius 1 is 0.900 bits per heavy atom. The van der Waals surface area contributed by atoms with Gasteiger partial charge in [-0.05, 0) is 48.7 Å². The zero-order chi connectivity index (χ0) is 21.0. The smallest absolute Gasteiger partial charge is 0.251 e. The quantitative estimate of drug-likeness (QED) is 0.662. The molecule has 1 heterocycles. The minimum absolute atomic E-state index is 0.118. The van der Waals surface area contributed by atoms with E-state index in [1.807, 2.05) is 48.5 Å². The molecule has 2 amide bonds. The van der Waals surface area contributed by atoms with Crippen LogP contribution in [0.5, 0.6) is 0 Å². The molecule has 0 aromatic heterocycles. The fraction of sp³-hybridized carbons (Fsp3) is 0.231. The number of nitrogens with one attached hydrogen (secondary N) is 1. The van der Waals surface area contributed by atoms with Crippen LogP contribution < -0.4 is 10.2 Å². The van der Waals surface area contributed by atoms with Crippen molar-refractivity contribution in [1.82, 2.24) is 5.32 Å². The number of amides is 2. The Balaban J connectivity index is 1.51. The molecule has 4 nitrogen and oxygen atoms in total. The summed E-state index contributed by atoms with van der Waals surface area (Å²) in [4.78, 5) is 26.6. The van der Waals surface area contributed by atoms with Gasteiger partial charge in [-0.1, -0.05) is 60.7 Å². The topological polar surface area (TPSA) is 49.4 Å². The van der Waals surface area contributed by atoms with Crippen molar-refractivity contribution in [3.8, 4) is 0 Å². The van der Waals surface area contributed by atoms with Crippen LogP contribution in [0.2, 0.25) is 0 Å². The van der Waals surface area contributed by atoms with Crippen LogP contribution in [0.1, 0.15) is 41.3 Å². The fourth-order valence-electron chi connectivity index (χ4n) is 4.06. The Kier molecular flexibility index (Phi) is 5.66. The maximum absolute atomic E-state index is 12.9. The molecule has 1 saturated heterocycles. The molecule has 0 aliphatic carbocycles. The minimum Gasteiger partial charge on any atom is -0.351 e. The van der Waals surface area contributed by atoms with Crippen LogP contribution in [0, 0.1) is 0 Å². The van der Waals surface area contributed by atoms with Gasteiger partial charge in [0.25, 0.3) is 5.91 Å². The lowest BCUT2D eigenvalue weighted by molar-refractivity contribution is -0.117. The minimum atomic E-state index is -0.347. The van der Waals surface area contributed by atoms with Crippen molar-refractivity contribution in [2.45, 2.75) is 25.2 Å². The number of hydrogen-bond donors (Lipinski definition) is 1. The first-order valence-corrected chi connectivity index (χ1v) is 10.4. The third kappa shape index (κ3) is 3.99. The first-order chi connectivity index (χ1) is 14.6. The van der Waals surface area contributed by atoms with Gasteiger partial charge >= 0.3 is 0 Å². The SMILES string of the molecule is CC(CNC(=O)c1ccc(N2CCCC2=O)cc1)(c1ccccc1)c1ccccc1. The van der Waals surface area contributed by atoms with Crippen LogP contribution in [0.3, 0.4) is 0 Å². The number of anilines is 1. The van der Waals surface area contributed by atoms with Gasteiger partial charge in [0.2, 0.25) is 5.91 Å². The predicted octanol–water partition coefficient (Wildman–Crippen LogP) is 4.55. The third-order valence-corrected chi connectivity index (χ3v) is 5.94. The highest BCUT2D eigenvalue weighted by Crippen LogP contribution is 2.31. The molecule has 0 spiro atoms. The van der Waals surface area contributed by atoms with Gasteiger partial charge in [0.05, 0.1) is 0 Å². The monoisotopic (exact) mass is 398 g/mol. The number of nitrogens with zero attached hydrogens (tertiary/aromatic N) is 1. The molecule has 0 radical (unpaired) electrons. The average molecular weight is 399 g/mol. The molecule has 0 unspecified atom stereocenters. The van der Waals surface area contributed by atoms with Crippen LogP contribution in [0.15, 0.2) is 84.9 Å². The molecule has 1 fully saturated rings. The van der Waals surface area contributed by atoms with E-state index in [2.05, 4.69) is 36.5 Å². The number of rotatable bonds is 6. The summed E-state index contributed by atoms with van der Waals surface area (Å²) < 4.78 is 0. The maximum Gasteiger partial charge on any atom is 0.251 e. The summed E-state index contributed by atoms with van der Waals surface area (Å²) in [5.74, 6) is 0.0288. The van der Waals surface area contributed by atoms with Gasteiger partial charge in [0.15, 0.2) is 0 Å². The van der Waals surface area contributed by atoms with Gasteiger partial charge in [-0.15, -0.1) is 0 Å². The third-order valence-electron chi connectivity index (χ3n) is 5.94. The van der Waals surface area contributed by atoms with Crippen molar-refractivity contribution in [2.75, 3.05) is 18.0 Å². The van der Waals surface area contributed by atoms with Crippen molar-refractivity contribution in [3.05, 3.63) is 102 Å². The van der Waals surface area contributed by atoms with Gasteiger partial charge in [0.1, 0.15) is 0 Å². The van der Waals surface area contributed by atoms with E-state index in [1.54, 1.807) is 17.0 Å². The van der Waals surface area contributed by atoms with E-state index in [0.29, 0.717) is 18.5 Å². The summed E-state index contributed by atoms with van der Waals surface area (Å²) in [7, 11) is 0. The van der Waals surface area contributed by atoms with E-state index in [9.17, 15) is 9.59 Å². The van der Waals surface area contributed by atoms with Gasteiger partial charge < -0.3 is 10.2 Å². The molecule has 0 saturated carbocycles. The van der Waals surface area contributed by atoms with E-state index >= 15 is 0 Å². The summed E-state index contributed by atoms with van der Waals surface area (Å²) in [6.07, 6.45) is 1.48. The normalized spacial score (nSPS) is 14.0. The van der Waals surface area contributed by atoms with E-state index in [4.69, 9.17) is 0 Å². The van der Waals surface area contributed by atoms with Gasteiger partial charge in [-0.2, -0.15) is 0 Å². The molecular formula is C26H26N2O2. The maximum atomic E-state index is 12.9. The second kappa shape index (κ2) is 8.54. The van der Waals surface area contributed by atoms with Crippen molar-refractivity contribution in [2.24, 2.45) is 0 Å². The van der Waals surface area contributed by atoms with Gasteiger partial charge in [-0.25, -0.2) is 0 Å². The van der Waals surface area contributed by atoms with Gasteiger partial charge in [-0.3, -0.25) is 9.59 Å². The summed E-state index contributed by atoms with van der Waals surface area (Å²) in [5, 5.41) is 3.11. The van der Waals surface area contributed by atoms with Crippen molar-refractivity contribution in [1.29, 1.82) is 0 Å². The molecule has 30 heavy (non-hydrogen) atoms. The molecule has 152 valence electrons. The standard InChI is InChI=1S/C26H26N2O2/c1-26(21-9-4-2-5-10-21,22-11-6-3-7-12-22)19-27-25(30)20-14-16-23(17-15-20)28-18-8-13-24(28)29/h2-7,9-12,14-17H,8,13,18-19H2,1H3,(H,27,30). The molecule has 4 heteroatoms. The lowest BCUT2D eigenvalue weighted by Gasteiger charge is -2.31. The fourth-order valence-corrected chi connectivity index (χ4v) is 4.06. The molecule has 3 aromatic rings. The molecule has 0 bridgehead atoms. The largest absolute Gasteiger partial charge is 0.351 e. The molecule has 4 rings (SSSR count). The number of benzene rings is 3. The lowest BCUT2D eigenvalue weighted by Crippen LogP contribution is -2.39. The predicted molar refractivity (Wildman–Crippen MR) is 120 cm³/mol. The molecule has 1 aliphatic heterocycles. The van der Waals surface area contributed by atoms with Crippen LogP contribution in [-0.4, -0.2) is 24.9 Å². The van der Waals surface area contributed by atoms with Crippen molar-refractivity contribution in [3.63, 3.8) is 0 Å². The molecule has 1 aliphatic rings. The van der Waals surface area contributed by atoms with Gasteiger partial charge in [0, 0.05) is 36.2 Å². The average Bonchev–Trinajstić information content (AvgIpc) is 3.24. The first kappa shape index (κ1) is 19.9. The Bertz CT molecular complexity index is 974. The van der Waals surface area contributed by atoms with E-state index in [0.717, 1.165) is 29.8 Å². The van der Waals surface area contributed by atoms with E-state index in [1.165, 1.54) is 0 Å². The highest BCUT2D eigenvalue weighted by molar-refractivity contribution is 5.97. The van der Waals surface area contributed by atoms with Crippen LogP contribution in [0.25, 0.3) is 0 Å². The molecule has 3 aromatic carbocycles. The number of carbonyl (C=O) groups is 2. The number of carbonyl (C=O) groups excluding carboxylic acids is 2. The molecule has 0 atom stereocenters. The molecule has 1 N–H and O–H groups in total. The molecular weight excluding hydrogens is 372 g/mol. The highest BCUT2D eigenvalue weighted by atomic mass is 16.2. The lowest BCUT2D eigenvalue weighted by atomic mass is 9.76. The second-order valence-electron chi connectivity index (χ2n) is 7.94. The Morgan fingerprint density at radius 3 is 1.97 bits per heavy atom. The van der Waals surface area contributed by atoms with Crippen LogP contribution >= 0.6 is 0 Å². The highest BCUT2D eigenvalue weighted by Gasteiger charge is 2.29. The number of hydrogen-bond acceptors (Lipinski definition) is 2. The Labute approximate surface area is 177 Å².